The van der Waals surface area contributed by atoms with Gasteiger partial charge in [0, 0.05) is 5.56 Å². The summed E-state index contributed by atoms with van der Waals surface area (Å²) < 4.78 is 11.7. The number of imide groups is 1. The van der Waals surface area contributed by atoms with Gasteiger partial charge in [0.25, 0.3) is 11.1 Å². The Labute approximate surface area is 208 Å². The highest BCUT2D eigenvalue weighted by atomic mass is 32.2. The summed E-state index contributed by atoms with van der Waals surface area (Å²) in [5, 5.41) is 9.00. The predicted molar refractivity (Wildman–Crippen MR) is 136 cm³/mol. The Hall–Kier alpha value is -4.02. The van der Waals surface area contributed by atoms with Crippen LogP contribution in [-0.2, 0) is 17.9 Å². The van der Waals surface area contributed by atoms with Crippen LogP contribution in [0.2, 0.25) is 0 Å². The van der Waals surface area contributed by atoms with E-state index < -0.39 is 0 Å². The van der Waals surface area contributed by atoms with Gasteiger partial charge in [0.15, 0.2) is 11.5 Å². The van der Waals surface area contributed by atoms with Crippen molar-refractivity contribution in [1.82, 2.24) is 4.90 Å². The number of amides is 2. The van der Waals surface area contributed by atoms with E-state index in [0.717, 1.165) is 34.0 Å². The van der Waals surface area contributed by atoms with Gasteiger partial charge in [-0.1, -0.05) is 48.5 Å². The molecule has 176 valence electrons. The van der Waals surface area contributed by atoms with Crippen LogP contribution in [0.15, 0.2) is 71.6 Å². The molecule has 1 aliphatic heterocycles. The molecule has 1 fully saturated rings. The first-order valence-electron chi connectivity index (χ1n) is 11.2. The highest BCUT2D eigenvalue weighted by Gasteiger charge is 2.35. The molecule has 4 rings (SSSR count). The Bertz CT molecular complexity index is 1340. The number of aryl methyl sites for hydroxylation is 1. The summed E-state index contributed by atoms with van der Waals surface area (Å²) in [7, 11) is 0. The second kappa shape index (κ2) is 10.9. The molecule has 0 aliphatic carbocycles. The van der Waals surface area contributed by atoms with Crippen LogP contribution in [-0.4, -0.2) is 22.7 Å². The van der Waals surface area contributed by atoms with Crippen molar-refractivity contribution in [3.05, 3.63) is 99.5 Å². The highest BCUT2D eigenvalue weighted by Crippen LogP contribution is 2.36. The average molecular weight is 485 g/mol. The second-order valence-corrected chi connectivity index (χ2v) is 8.88. The first-order chi connectivity index (χ1) is 17.0. The number of carbonyl (C=O) groups excluding carboxylic acids is 2. The quantitative estimate of drug-likeness (QED) is 0.361. The van der Waals surface area contributed by atoms with E-state index in [4.69, 9.17) is 9.47 Å². The standard InChI is InChI=1S/C28H24N2O4S/c1-3-33-25-14-20(12-13-24(25)34-18-23-11-7-6-9-21(23)16-29)15-26-27(31)30(28(32)35-26)17-22-10-5-4-8-19(22)2/h4-15H,3,17-18H2,1-2H3/b26-15-. The molecule has 0 aromatic heterocycles. The molecule has 0 unspecified atom stereocenters. The lowest BCUT2D eigenvalue weighted by atomic mass is 10.1. The van der Waals surface area contributed by atoms with E-state index in [1.807, 2.05) is 62.4 Å². The number of carbonyl (C=O) groups is 2. The lowest BCUT2D eigenvalue weighted by Crippen LogP contribution is -2.27. The summed E-state index contributed by atoms with van der Waals surface area (Å²) in [5.41, 5.74) is 4.03. The Balaban J connectivity index is 1.53. The molecule has 1 aliphatic rings. The molecule has 0 radical (unpaired) electrons. The molecule has 0 N–H and O–H groups in total. The van der Waals surface area contributed by atoms with Crippen molar-refractivity contribution in [2.24, 2.45) is 0 Å². The summed E-state index contributed by atoms with van der Waals surface area (Å²) in [5.74, 6) is 0.744. The monoisotopic (exact) mass is 484 g/mol. The van der Waals surface area contributed by atoms with Gasteiger partial charge in [0.1, 0.15) is 6.61 Å². The lowest BCUT2D eigenvalue weighted by Gasteiger charge is -2.14. The van der Waals surface area contributed by atoms with Crippen molar-refractivity contribution in [3.8, 4) is 17.6 Å². The molecule has 3 aromatic rings. The van der Waals surface area contributed by atoms with Gasteiger partial charge in [-0.05, 0) is 66.6 Å². The fraction of sp³-hybridized carbons (Fsp3) is 0.179. The predicted octanol–water partition coefficient (Wildman–Crippen LogP) is 6.08. The Morgan fingerprint density at radius 1 is 0.971 bits per heavy atom. The molecule has 3 aromatic carbocycles. The fourth-order valence-electron chi connectivity index (χ4n) is 3.66. The van der Waals surface area contributed by atoms with Gasteiger partial charge in [-0.15, -0.1) is 0 Å². The zero-order valence-corrected chi connectivity index (χ0v) is 20.3. The molecule has 1 saturated heterocycles. The minimum absolute atomic E-state index is 0.223. The fourth-order valence-corrected chi connectivity index (χ4v) is 4.50. The minimum atomic E-state index is -0.311. The van der Waals surface area contributed by atoms with Crippen LogP contribution in [0, 0.1) is 18.3 Å². The highest BCUT2D eigenvalue weighted by molar-refractivity contribution is 8.18. The van der Waals surface area contributed by atoms with Gasteiger partial charge < -0.3 is 9.47 Å². The third kappa shape index (κ3) is 5.56. The van der Waals surface area contributed by atoms with E-state index in [0.29, 0.717) is 28.6 Å². The molecular formula is C28H24N2O4S. The maximum Gasteiger partial charge on any atom is 0.293 e. The van der Waals surface area contributed by atoms with Crippen LogP contribution >= 0.6 is 11.8 Å². The van der Waals surface area contributed by atoms with Crippen LogP contribution < -0.4 is 9.47 Å². The molecule has 0 spiro atoms. The van der Waals surface area contributed by atoms with Gasteiger partial charge in [-0.25, -0.2) is 0 Å². The SMILES string of the molecule is CCOc1cc(/C=C2\SC(=O)N(Cc3ccccc3C)C2=O)ccc1OCc1ccccc1C#N. The maximum absolute atomic E-state index is 13.0. The lowest BCUT2D eigenvalue weighted by molar-refractivity contribution is -0.123. The number of nitriles is 1. The zero-order chi connectivity index (χ0) is 24.8. The van der Waals surface area contributed by atoms with E-state index in [1.165, 1.54) is 4.90 Å². The second-order valence-electron chi connectivity index (χ2n) is 7.89. The van der Waals surface area contributed by atoms with Crippen molar-refractivity contribution in [3.63, 3.8) is 0 Å². The first-order valence-corrected chi connectivity index (χ1v) is 12.0. The summed E-state index contributed by atoms with van der Waals surface area (Å²) in [4.78, 5) is 27.2. The van der Waals surface area contributed by atoms with Crippen LogP contribution in [0.1, 0.15) is 34.7 Å². The van der Waals surface area contributed by atoms with E-state index in [2.05, 4.69) is 6.07 Å². The van der Waals surface area contributed by atoms with Crippen molar-refractivity contribution >= 4 is 29.0 Å². The van der Waals surface area contributed by atoms with Gasteiger partial charge in [0.2, 0.25) is 0 Å². The number of benzene rings is 3. The van der Waals surface area contributed by atoms with E-state index in [9.17, 15) is 14.9 Å². The summed E-state index contributed by atoms with van der Waals surface area (Å²) >= 11 is 0.933. The van der Waals surface area contributed by atoms with Gasteiger partial charge in [0.05, 0.1) is 29.7 Å². The number of thioether (sulfide) groups is 1. The van der Waals surface area contributed by atoms with Crippen molar-refractivity contribution in [1.29, 1.82) is 5.26 Å². The molecule has 2 amide bonds. The minimum Gasteiger partial charge on any atom is -0.490 e. The normalized spacial score (nSPS) is 14.3. The van der Waals surface area contributed by atoms with Gasteiger partial charge >= 0.3 is 0 Å². The Morgan fingerprint density at radius 2 is 1.71 bits per heavy atom. The number of hydrogen-bond acceptors (Lipinski definition) is 6. The number of ether oxygens (including phenoxy) is 2. The third-order valence-electron chi connectivity index (χ3n) is 5.55. The zero-order valence-electron chi connectivity index (χ0n) is 19.5. The number of hydrogen-bond donors (Lipinski definition) is 0. The Morgan fingerprint density at radius 3 is 2.46 bits per heavy atom. The molecular weight excluding hydrogens is 460 g/mol. The average Bonchev–Trinajstić information content (AvgIpc) is 3.12. The van der Waals surface area contributed by atoms with E-state index in [-0.39, 0.29) is 24.3 Å². The summed E-state index contributed by atoms with van der Waals surface area (Å²) in [6.07, 6.45) is 1.69. The molecule has 0 atom stereocenters. The van der Waals surface area contributed by atoms with E-state index >= 15 is 0 Å². The molecule has 0 saturated carbocycles. The van der Waals surface area contributed by atoms with Crippen LogP contribution in [0.4, 0.5) is 4.79 Å². The van der Waals surface area contributed by atoms with E-state index in [1.54, 1.807) is 24.3 Å². The first kappa shape index (κ1) is 24.1. The topological polar surface area (TPSA) is 79.6 Å². The summed E-state index contributed by atoms with van der Waals surface area (Å²) in [6, 6.07) is 22.5. The van der Waals surface area contributed by atoms with Gasteiger partial charge in [-0.3, -0.25) is 14.5 Å². The molecule has 0 bridgehead atoms. The van der Waals surface area contributed by atoms with Crippen molar-refractivity contribution < 1.29 is 19.1 Å². The largest absolute Gasteiger partial charge is 0.490 e. The molecule has 7 heteroatoms. The van der Waals surface area contributed by atoms with Crippen molar-refractivity contribution in [2.45, 2.75) is 27.0 Å². The van der Waals surface area contributed by atoms with Gasteiger partial charge in [-0.2, -0.15) is 5.26 Å². The smallest absolute Gasteiger partial charge is 0.293 e. The summed E-state index contributed by atoms with van der Waals surface area (Å²) in [6.45, 7) is 4.73. The van der Waals surface area contributed by atoms with Crippen LogP contribution in [0.25, 0.3) is 6.08 Å². The Kier molecular flexibility index (Phi) is 7.54. The van der Waals surface area contributed by atoms with Crippen LogP contribution in [0.3, 0.4) is 0 Å². The van der Waals surface area contributed by atoms with Crippen LogP contribution in [0.5, 0.6) is 11.5 Å². The molecule has 6 nitrogen and oxygen atoms in total. The number of rotatable bonds is 8. The third-order valence-corrected chi connectivity index (χ3v) is 6.46. The number of nitrogens with zero attached hydrogens (tertiary/aromatic N) is 2. The molecule has 1 heterocycles. The molecule has 35 heavy (non-hydrogen) atoms. The maximum atomic E-state index is 13.0. The van der Waals surface area contributed by atoms with Crippen molar-refractivity contribution in [2.75, 3.05) is 6.61 Å².